The Morgan fingerprint density at radius 1 is 1.50 bits per heavy atom. The fourth-order valence-electron chi connectivity index (χ4n) is 1.37. The van der Waals surface area contributed by atoms with Gasteiger partial charge in [-0.1, -0.05) is 12.1 Å². The summed E-state index contributed by atoms with van der Waals surface area (Å²) in [5.41, 5.74) is 1.38. The molecule has 0 aliphatic carbocycles. The first kappa shape index (κ1) is 8.97. The minimum absolute atomic E-state index is 0.429. The molecule has 1 aromatic carbocycles. The zero-order chi connectivity index (χ0) is 8.55. The van der Waals surface area contributed by atoms with Crippen LogP contribution in [0.5, 0.6) is 0 Å². The number of thioether (sulfide) groups is 1. The molecule has 3 heteroatoms. The van der Waals surface area contributed by atoms with Crippen LogP contribution >= 0.6 is 40.3 Å². The number of benzene rings is 1. The van der Waals surface area contributed by atoms with Crippen LogP contribution in [-0.4, -0.2) is 5.75 Å². The van der Waals surface area contributed by atoms with Crippen molar-refractivity contribution in [3.05, 3.63) is 28.2 Å². The van der Waals surface area contributed by atoms with E-state index in [-0.39, 0.29) is 0 Å². The lowest BCUT2D eigenvalue weighted by Gasteiger charge is -2.21. The van der Waals surface area contributed by atoms with Crippen LogP contribution in [0, 0.1) is 0 Å². The molecule has 1 aromatic rings. The van der Waals surface area contributed by atoms with Gasteiger partial charge in [-0.05, 0) is 39.7 Å². The van der Waals surface area contributed by atoms with Gasteiger partial charge < -0.3 is 0 Å². The molecular weight excluding hydrogens is 252 g/mol. The van der Waals surface area contributed by atoms with Crippen molar-refractivity contribution in [2.24, 2.45) is 0 Å². The second kappa shape index (κ2) is 3.64. The molecule has 64 valence electrons. The molecule has 0 fully saturated rings. The summed E-state index contributed by atoms with van der Waals surface area (Å²) >= 11 is 10.0. The average molecular weight is 261 g/mol. The van der Waals surface area contributed by atoms with Gasteiger partial charge in [0.1, 0.15) is 0 Å². The van der Waals surface area contributed by atoms with Gasteiger partial charge in [0.15, 0.2) is 0 Å². The van der Waals surface area contributed by atoms with Gasteiger partial charge in [-0.2, -0.15) is 12.6 Å². The van der Waals surface area contributed by atoms with E-state index in [1.54, 1.807) is 0 Å². The van der Waals surface area contributed by atoms with Crippen LogP contribution in [0.4, 0.5) is 0 Å². The average Bonchev–Trinajstić information content (AvgIpc) is 2.07. The minimum Gasteiger partial charge on any atom is -0.171 e. The fourth-order valence-corrected chi connectivity index (χ4v) is 3.84. The maximum absolute atomic E-state index is 4.55. The molecule has 1 unspecified atom stereocenters. The smallest absolute Gasteiger partial charge is 0.0314 e. The molecule has 1 aliphatic heterocycles. The quantitative estimate of drug-likeness (QED) is 0.691. The molecule has 1 aliphatic rings. The van der Waals surface area contributed by atoms with Crippen molar-refractivity contribution in [2.75, 3.05) is 5.75 Å². The van der Waals surface area contributed by atoms with Crippen LogP contribution in [0.1, 0.15) is 17.2 Å². The van der Waals surface area contributed by atoms with Crippen LogP contribution in [0.2, 0.25) is 0 Å². The van der Waals surface area contributed by atoms with Crippen molar-refractivity contribution in [2.45, 2.75) is 16.6 Å². The molecule has 2 rings (SSSR count). The first-order chi connectivity index (χ1) is 5.79. The maximum Gasteiger partial charge on any atom is 0.0314 e. The zero-order valence-corrected chi connectivity index (χ0v) is 9.75. The molecule has 0 saturated carbocycles. The Balaban J connectivity index is 2.52. The van der Waals surface area contributed by atoms with E-state index < -0.39 is 0 Å². The Morgan fingerprint density at radius 3 is 3.08 bits per heavy atom. The number of hydrogen-bond donors (Lipinski definition) is 1. The third kappa shape index (κ3) is 1.54. The molecule has 0 saturated heterocycles. The van der Waals surface area contributed by atoms with E-state index in [2.05, 4.69) is 46.8 Å². The summed E-state index contributed by atoms with van der Waals surface area (Å²) < 4.78 is 1.21. The summed E-state index contributed by atoms with van der Waals surface area (Å²) in [7, 11) is 0. The largest absolute Gasteiger partial charge is 0.171 e. The second-order valence-electron chi connectivity index (χ2n) is 2.81. The maximum atomic E-state index is 4.55. The summed E-state index contributed by atoms with van der Waals surface area (Å²) in [5, 5.41) is 0.429. The summed E-state index contributed by atoms with van der Waals surface area (Å²) in [6.07, 6.45) is 1.18. The van der Waals surface area contributed by atoms with E-state index >= 15 is 0 Å². The summed E-state index contributed by atoms with van der Waals surface area (Å²) in [5.74, 6) is 1.18. The summed E-state index contributed by atoms with van der Waals surface area (Å²) in [6, 6.07) is 6.35. The zero-order valence-electron chi connectivity index (χ0n) is 6.46. The molecule has 1 heterocycles. The van der Waals surface area contributed by atoms with E-state index in [0.29, 0.717) is 5.25 Å². The normalized spacial score (nSPS) is 22.0. The van der Waals surface area contributed by atoms with Gasteiger partial charge in [0.25, 0.3) is 0 Å². The molecule has 0 nitrogen and oxygen atoms in total. The number of rotatable bonds is 0. The highest BCUT2D eigenvalue weighted by Gasteiger charge is 2.18. The van der Waals surface area contributed by atoms with E-state index in [4.69, 9.17) is 0 Å². The van der Waals surface area contributed by atoms with Crippen molar-refractivity contribution in [1.82, 2.24) is 0 Å². The summed E-state index contributed by atoms with van der Waals surface area (Å²) in [6.45, 7) is 0. The Kier molecular flexibility index (Phi) is 2.72. The first-order valence-corrected chi connectivity index (χ1v) is 6.18. The van der Waals surface area contributed by atoms with E-state index in [1.807, 2.05) is 11.8 Å². The van der Waals surface area contributed by atoms with Crippen molar-refractivity contribution >= 4 is 40.3 Å². The van der Waals surface area contributed by atoms with Crippen LogP contribution in [-0.2, 0) is 0 Å². The molecule has 0 bridgehead atoms. The van der Waals surface area contributed by atoms with Crippen LogP contribution in [0.25, 0.3) is 0 Å². The Labute approximate surface area is 90.7 Å². The van der Waals surface area contributed by atoms with Gasteiger partial charge in [-0.25, -0.2) is 0 Å². The third-order valence-corrected chi connectivity index (χ3v) is 4.64. The van der Waals surface area contributed by atoms with Gasteiger partial charge in [-0.15, -0.1) is 11.8 Å². The van der Waals surface area contributed by atoms with Crippen LogP contribution < -0.4 is 0 Å². The topological polar surface area (TPSA) is 0 Å². The Morgan fingerprint density at radius 2 is 2.33 bits per heavy atom. The predicted octanol–water partition coefficient (Wildman–Crippen LogP) is 3.92. The molecule has 0 amide bonds. The van der Waals surface area contributed by atoms with Crippen molar-refractivity contribution in [1.29, 1.82) is 0 Å². The molecule has 12 heavy (non-hydrogen) atoms. The Hall–Kier alpha value is 0.400. The van der Waals surface area contributed by atoms with Crippen molar-refractivity contribution in [3.63, 3.8) is 0 Å². The highest BCUT2D eigenvalue weighted by molar-refractivity contribution is 9.10. The summed E-state index contributed by atoms with van der Waals surface area (Å²) in [4.78, 5) is 1.38. The minimum atomic E-state index is 0.429. The van der Waals surface area contributed by atoms with Gasteiger partial charge in [0, 0.05) is 14.6 Å². The number of thiol groups is 1. The van der Waals surface area contributed by atoms with Gasteiger partial charge in [0.05, 0.1) is 0 Å². The fraction of sp³-hybridized carbons (Fsp3) is 0.333. The van der Waals surface area contributed by atoms with Crippen LogP contribution in [0.3, 0.4) is 0 Å². The lowest BCUT2D eigenvalue weighted by Crippen LogP contribution is -2.01. The van der Waals surface area contributed by atoms with Gasteiger partial charge in [-0.3, -0.25) is 0 Å². The lowest BCUT2D eigenvalue weighted by molar-refractivity contribution is 0.868. The predicted molar refractivity (Wildman–Crippen MR) is 61.2 cm³/mol. The second-order valence-corrected chi connectivity index (χ2v) is 5.39. The van der Waals surface area contributed by atoms with Gasteiger partial charge in [0.2, 0.25) is 0 Å². The molecule has 0 radical (unpaired) electrons. The number of fused-ring (bicyclic) bond motifs is 1. The van der Waals surface area contributed by atoms with Gasteiger partial charge >= 0.3 is 0 Å². The monoisotopic (exact) mass is 260 g/mol. The first-order valence-electron chi connectivity index (χ1n) is 3.88. The van der Waals surface area contributed by atoms with E-state index in [0.717, 1.165) is 0 Å². The molecular formula is C9H9BrS2. The van der Waals surface area contributed by atoms with Crippen molar-refractivity contribution < 1.29 is 0 Å². The van der Waals surface area contributed by atoms with Crippen LogP contribution in [0.15, 0.2) is 27.6 Å². The molecule has 0 N–H and O–H groups in total. The SMILES string of the molecule is SC1CCSc2c(Br)cccc21. The lowest BCUT2D eigenvalue weighted by atomic mass is 10.1. The molecule has 1 atom stereocenters. The molecule has 0 aromatic heterocycles. The highest BCUT2D eigenvalue weighted by Crippen LogP contribution is 2.42. The standard InChI is InChI=1S/C9H9BrS2/c10-7-3-1-2-6-8(11)4-5-12-9(6)7/h1-3,8,11H,4-5H2. The van der Waals surface area contributed by atoms with E-state index in [9.17, 15) is 0 Å². The van der Waals surface area contributed by atoms with E-state index in [1.165, 1.54) is 27.1 Å². The highest BCUT2D eigenvalue weighted by atomic mass is 79.9. The number of hydrogen-bond acceptors (Lipinski definition) is 2. The molecule has 0 spiro atoms. The third-order valence-electron chi connectivity index (χ3n) is 1.99. The van der Waals surface area contributed by atoms with Crippen molar-refractivity contribution in [3.8, 4) is 0 Å². The number of halogens is 1. The Bertz CT molecular complexity index is 299.